The van der Waals surface area contributed by atoms with Gasteiger partial charge in [0, 0.05) is 52.2 Å². The van der Waals surface area contributed by atoms with Crippen LogP contribution in [0.1, 0.15) is 32.3 Å². The Labute approximate surface area is 134 Å². The Morgan fingerprint density at radius 2 is 1.77 bits per heavy atom. The smallest absolute Gasteiger partial charge is 0.219 e. The Balaban J connectivity index is 1.67. The van der Waals surface area contributed by atoms with Crippen molar-refractivity contribution in [3.63, 3.8) is 0 Å². The lowest BCUT2D eigenvalue weighted by atomic mass is 9.94. The molecule has 4 heteroatoms. The van der Waals surface area contributed by atoms with Crippen molar-refractivity contribution in [2.45, 2.75) is 32.7 Å². The molecule has 0 spiro atoms. The van der Waals surface area contributed by atoms with E-state index >= 15 is 0 Å². The minimum Gasteiger partial charge on any atom is -0.340 e. The summed E-state index contributed by atoms with van der Waals surface area (Å²) in [6.07, 6.45) is 0. The molecule has 1 aliphatic rings. The van der Waals surface area contributed by atoms with Gasteiger partial charge in [-0.05, 0) is 18.4 Å². The fourth-order valence-electron chi connectivity index (χ4n) is 2.96. The zero-order valence-corrected chi connectivity index (χ0v) is 14.1. The molecule has 4 nitrogen and oxygen atoms in total. The molecule has 1 aromatic carbocycles. The molecule has 0 radical (unpaired) electrons. The molecule has 0 aliphatic carbocycles. The zero-order chi connectivity index (χ0) is 15.9. The predicted octanol–water partition coefficient (Wildman–Crippen LogP) is 1.93. The van der Waals surface area contributed by atoms with Crippen molar-refractivity contribution in [2.24, 2.45) is 0 Å². The number of amides is 1. The van der Waals surface area contributed by atoms with Crippen LogP contribution in [0.4, 0.5) is 0 Å². The third-order valence-electron chi connectivity index (χ3n) is 4.79. The van der Waals surface area contributed by atoms with Gasteiger partial charge in [0.05, 0.1) is 0 Å². The summed E-state index contributed by atoms with van der Waals surface area (Å²) in [5, 5.41) is 3.64. The number of benzene rings is 1. The summed E-state index contributed by atoms with van der Waals surface area (Å²) < 4.78 is 0. The maximum atomic E-state index is 11.3. The van der Waals surface area contributed by atoms with Gasteiger partial charge in [0.2, 0.25) is 5.91 Å². The fourth-order valence-corrected chi connectivity index (χ4v) is 2.96. The summed E-state index contributed by atoms with van der Waals surface area (Å²) in [7, 11) is 0. The van der Waals surface area contributed by atoms with Crippen molar-refractivity contribution in [1.29, 1.82) is 0 Å². The van der Waals surface area contributed by atoms with E-state index in [1.807, 2.05) is 4.90 Å². The highest BCUT2D eigenvalue weighted by molar-refractivity contribution is 5.73. The lowest BCUT2D eigenvalue weighted by Gasteiger charge is -2.34. The third kappa shape index (κ3) is 4.82. The van der Waals surface area contributed by atoms with Gasteiger partial charge in [-0.15, -0.1) is 0 Å². The molecule has 1 N–H and O–H groups in total. The van der Waals surface area contributed by atoms with Crippen molar-refractivity contribution in [2.75, 3.05) is 39.3 Å². The van der Waals surface area contributed by atoms with Gasteiger partial charge in [-0.25, -0.2) is 0 Å². The number of carbonyl (C=O) groups excluding carboxylic acids is 1. The molecule has 122 valence electrons. The maximum Gasteiger partial charge on any atom is 0.219 e. The highest BCUT2D eigenvalue weighted by Crippen LogP contribution is 2.18. The van der Waals surface area contributed by atoms with Crippen molar-refractivity contribution in [3.8, 4) is 0 Å². The van der Waals surface area contributed by atoms with E-state index in [1.165, 1.54) is 5.56 Å². The van der Waals surface area contributed by atoms with E-state index in [2.05, 4.69) is 54.4 Å². The molecule has 1 fully saturated rings. The van der Waals surface area contributed by atoms with Crippen LogP contribution in [-0.4, -0.2) is 61.0 Å². The first kappa shape index (κ1) is 17.0. The number of hydrogen-bond donors (Lipinski definition) is 1. The molecule has 0 unspecified atom stereocenters. The fraction of sp³-hybridized carbons (Fsp3) is 0.611. The van der Waals surface area contributed by atoms with Gasteiger partial charge in [0.15, 0.2) is 0 Å². The Hall–Kier alpha value is -1.39. The first-order valence-corrected chi connectivity index (χ1v) is 8.34. The lowest BCUT2D eigenvalue weighted by molar-refractivity contribution is -0.130. The van der Waals surface area contributed by atoms with Gasteiger partial charge in [0.25, 0.3) is 0 Å². The van der Waals surface area contributed by atoms with Gasteiger partial charge >= 0.3 is 0 Å². The summed E-state index contributed by atoms with van der Waals surface area (Å²) in [6.45, 7) is 12.0. The standard InChI is InChI=1S/C18H29N3O/c1-15(18-7-5-4-6-8-18)16(2)19-9-10-20-11-13-21(14-12-20)17(3)22/h4-8,15-16,19H,9-14H2,1-3H3/t15-,16+/m1/s1. The number of hydrogen-bond acceptors (Lipinski definition) is 3. The van der Waals surface area contributed by atoms with E-state index in [9.17, 15) is 4.79 Å². The molecular weight excluding hydrogens is 274 g/mol. The maximum absolute atomic E-state index is 11.3. The number of nitrogens with one attached hydrogen (secondary N) is 1. The van der Waals surface area contributed by atoms with E-state index in [0.29, 0.717) is 12.0 Å². The molecule has 1 saturated heterocycles. The van der Waals surface area contributed by atoms with Crippen molar-refractivity contribution >= 4 is 5.91 Å². The molecule has 1 aliphatic heterocycles. The van der Waals surface area contributed by atoms with E-state index in [-0.39, 0.29) is 5.91 Å². The highest BCUT2D eigenvalue weighted by atomic mass is 16.2. The molecule has 0 saturated carbocycles. The molecule has 2 rings (SSSR count). The first-order chi connectivity index (χ1) is 10.6. The van der Waals surface area contributed by atoms with Crippen LogP contribution >= 0.6 is 0 Å². The lowest BCUT2D eigenvalue weighted by Crippen LogP contribution is -2.50. The van der Waals surface area contributed by atoms with Crippen LogP contribution in [0, 0.1) is 0 Å². The minimum atomic E-state index is 0.197. The van der Waals surface area contributed by atoms with Crippen LogP contribution in [0.25, 0.3) is 0 Å². The van der Waals surface area contributed by atoms with E-state index in [1.54, 1.807) is 6.92 Å². The van der Waals surface area contributed by atoms with Crippen LogP contribution in [0.15, 0.2) is 30.3 Å². The Bertz CT molecular complexity index is 455. The Morgan fingerprint density at radius 3 is 2.36 bits per heavy atom. The van der Waals surface area contributed by atoms with Gasteiger partial charge < -0.3 is 10.2 Å². The second-order valence-electron chi connectivity index (χ2n) is 6.29. The molecule has 1 aromatic rings. The largest absolute Gasteiger partial charge is 0.340 e. The monoisotopic (exact) mass is 303 g/mol. The third-order valence-corrected chi connectivity index (χ3v) is 4.79. The summed E-state index contributed by atoms with van der Waals surface area (Å²) in [4.78, 5) is 15.7. The van der Waals surface area contributed by atoms with Crippen molar-refractivity contribution < 1.29 is 4.79 Å². The van der Waals surface area contributed by atoms with Crippen LogP contribution in [0.3, 0.4) is 0 Å². The van der Waals surface area contributed by atoms with E-state index in [4.69, 9.17) is 0 Å². The SMILES string of the molecule is CC(=O)N1CCN(CCN[C@@H](C)[C@@H](C)c2ccccc2)CC1. The highest BCUT2D eigenvalue weighted by Gasteiger charge is 2.18. The predicted molar refractivity (Wildman–Crippen MR) is 91.0 cm³/mol. The summed E-state index contributed by atoms with van der Waals surface area (Å²) in [5.41, 5.74) is 1.39. The Morgan fingerprint density at radius 1 is 1.14 bits per heavy atom. The van der Waals surface area contributed by atoms with E-state index in [0.717, 1.165) is 39.3 Å². The molecule has 1 amide bonds. The first-order valence-electron chi connectivity index (χ1n) is 8.34. The second kappa shape index (κ2) is 8.30. The summed E-state index contributed by atoms with van der Waals surface area (Å²) in [5.74, 6) is 0.707. The normalized spacial score (nSPS) is 19.0. The van der Waals surface area contributed by atoms with Gasteiger partial charge in [-0.2, -0.15) is 0 Å². The van der Waals surface area contributed by atoms with Gasteiger partial charge in [0.1, 0.15) is 0 Å². The average molecular weight is 303 g/mol. The topological polar surface area (TPSA) is 35.6 Å². The minimum absolute atomic E-state index is 0.197. The second-order valence-corrected chi connectivity index (χ2v) is 6.29. The zero-order valence-electron chi connectivity index (χ0n) is 14.1. The van der Waals surface area contributed by atoms with E-state index < -0.39 is 0 Å². The van der Waals surface area contributed by atoms with Crippen LogP contribution in [0.2, 0.25) is 0 Å². The van der Waals surface area contributed by atoms with Crippen LogP contribution in [-0.2, 0) is 4.79 Å². The summed E-state index contributed by atoms with van der Waals surface area (Å²) >= 11 is 0. The van der Waals surface area contributed by atoms with Gasteiger partial charge in [-0.1, -0.05) is 37.3 Å². The Kier molecular flexibility index (Phi) is 6.40. The van der Waals surface area contributed by atoms with Crippen molar-refractivity contribution in [1.82, 2.24) is 15.1 Å². The summed E-state index contributed by atoms with van der Waals surface area (Å²) in [6, 6.07) is 11.1. The quantitative estimate of drug-likeness (QED) is 0.872. The number of carbonyl (C=O) groups is 1. The number of nitrogens with zero attached hydrogens (tertiary/aromatic N) is 2. The number of rotatable bonds is 6. The molecule has 0 bridgehead atoms. The molecule has 22 heavy (non-hydrogen) atoms. The average Bonchev–Trinajstić information content (AvgIpc) is 2.55. The van der Waals surface area contributed by atoms with Crippen LogP contribution < -0.4 is 5.32 Å². The molecule has 2 atom stereocenters. The molecule has 0 aromatic heterocycles. The van der Waals surface area contributed by atoms with Gasteiger partial charge in [-0.3, -0.25) is 9.69 Å². The van der Waals surface area contributed by atoms with Crippen molar-refractivity contribution in [3.05, 3.63) is 35.9 Å². The number of piperazine rings is 1. The molecular formula is C18H29N3O. The molecule has 1 heterocycles. The van der Waals surface area contributed by atoms with Crippen LogP contribution in [0.5, 0.6) is 0 Å².